The maximum Gasteiger partial charge on any atom is 0.0703 e. The van der Waals surface area contributed by atoms with E-state index in [1.54, 1.807) is 0 Å². The summed E-state index contributed by atoms with van der Waals surface area (Å²) in [5.41, 5.74) is 11.0. The molecule has 0 aliphatic heterocycles. The molecular formula is C69H44N4. The molecule has 13 aromatic carbocycles. The van der Waals surface area contributed by atoms with Crippen molar-refractivity contribution in [1.82, 2.24) is 9.55 Å². The van der Waals surface area contributed by atoms with E-state index in [-0.39, 0.29) is 0 Å². The second-order valence-electron chi connectivity index (χ2n) is 19.1. The van der Waals surface area contributed by atoms with Crippen molar-refractivity contribution in [3.8, 4) is 5.69 Å². The molecule has 0 radical (unpaired) electrons. The number of para-hydroxylation sites is 4. The first-order chi connectivity index (χ1) is 36.2. The summed E-state index contributed by atoms with van der Waals surface area (Å²) >= 11 is 0. The summed E-state index contributed by atoms with van der Waals surface area (Å²) in [6.07, 6.45) is 1.88. The highest BCUT2D eigenvalue weighted by atomic mass is 15.1. The third-order valence-corrected chi connectivity index (χ3v) is 15.1. The zero-order valence-electron chi connectivity index (χ0n) is 39.7. The van der Waals surface area contributed by atoms with Crippen LogP contribution in [0.15, 0.2) is 267 Å². The molecule has 0 aliphatic carbocycles. The quantitative estimate of drug-likeness (QED) is 0.149. The Morgan fingerprint density at radius 1 is 0.247 bits per heavy atom. The van der Waals surface area contributed by atoms with Crippen molar-refractivity contribution in [2.75, 3.05) is 9.80 Å². The number of pyridine rings is 1. The largest absolute Gasteiger partial charge is 0.310 e. The van der Waals surface area contributed by atoms with E-state index >= 15 is 0 Å². The summed E-state index contributed by atoms with van der Waals surface area (Å²) in [5.74, 6) is 0. The summed E-state index contributed by atoms with van der Waals surface area (Å²) in [6.45, 7) is 0. The lowest BCUT2D eigenvalue weighted by molar-refractivity contribution is 1.19. The molecule has 0 spiro atoms. The van der Waals surface area contributed by atoms with Crippen LogP contribution in [-0.4, -0.2) is 9.55 Å². The molecule has 0 saturated heterocycles. The Bertz CT molecular complexity index is 4330. The normalized spacial score (nSPS) is 11.8. The van der Waals surface area contributed by atoms with Crippen LogP contribution >= 0.6 is 0 Å². The van der Waals surface area contributed by atoms with Crippen LogP contribution in [0, 0.1) is 0 Å². The molecule has 4 heteroatoms. The molecule has 4 nitrogen and oxygen atoms in total. The van der Waals surface area contributed by atoms with Crippen molar-refractivity contribution in [2.45, 2.75) is 0 Å². The van der Waals surface area contributed by atoms with Gasteiger partial charge in [-0.1, -0.05) is 140 Å². The molecule has 2 aromatic heterocycles. The fraction of sp³-hybridized carbons (Fsp3) is 0. The number of rotatable bonds is 7. The Balaban J connectivity index is 1.07. The first-order valence-corrected chi connectivity index (χ1v) is 25.0. The van der Waals surface area contributed by atoms with Gasteiger partial charge in [-0.3, -0.25) is 4.98 Å². The third-order valence-electron chi connectivity index (χ3n) is 15.1. The van der Waals surface area contributed by atoms with Crippen molar-refractivity contribution in [3.63, 3.8) is 0 Å². The second-order valence-corrected chi connectivity index (χ2v) is 19.1. The van der Waals surface area contributed by atoms with Crippen LogP contribution in [-0.2, 0) is 0 Å². The lowest BCUT2D eigenvalue weighted by atomic mass is 9.91. The van der Waals surface area contributed by atoms with Crippen molar-refractivity contribution >= 4 is 131 Å². The zero-order valence-corrected chi connectivity index (χ0v) is 39.7. The number of hydrogen-bond acceptors (Lipinski definition) is 3. The fourth-order valence-corrected chi connectivity index (χ4v) is 11.8. The highest BCUT2D eigenvalue weighted by Gasteiger charge is 2.22. The molecule has 15 rings (SSSR count). The minimum Gasteiger partial charge on any atom is -0.310 e. The first-order valence-electron chi connectivity index (χ1n) is 25.0. The van der Waals surface area contributed by atoms with Crippen LogP contribution in [0.2, 0.25) is 0 Å². The lowest BCUT2D eigenvalue weighted by Crippen LogP contribution is -2.09. The molecule has 0 aliphatic rings. The van der Waals surface area contributed by atoms with Gasteiger partial charge in [-0.15, -0.1) is 0 Å². The smallest absolute Gasteiger partial charge is 0.0703 e. The van der Waals surface area contributed by atoms with E-state index in [0.29, 0.717) is 0 Å². The molecule has 0 bridgehead atoms. The van der Waals surface area contributed by atoms with Gasteiger partial charge in [-0.25, -0.2) is 0 Å². The van der Waals surface area contributed by atoms with Crippen LogP contribution < -0.4 is 9.80 Å². The van der Waals surface area contributed by atoms with Crippen LogP contribution in [0.5, 0.6) is 0 Å². The SMILES string of the molecule is c1ccc(N(c2ccccc2)c2ccc3c4ccccc4c4cc5c(cc4c3c2)c2cc3c4cc(N(c6ccccc6)c6ccccc6)ccc4c4ccccc4c3cc2n5-c2ccc3ncccc3c2)cc1. The van der Waals surface area contributed by atoms with Gasteiger partial charge in [0.25, 0.3) is 0 Å². The summed E-state index contributed by atoms with van der Waals surface area (Å²) < 4.78 is 2.50. The van der Waals surface area contributed by atoms with Gasteiger partial charge in [0.05, 0.1) is 16.6 Å². The van der Waals surface area contributed by atoms with Gasteiger partial charge in [0.15, 0.2) is 0 Å². The Labute approximate surface area is 421 Å². The predicted molar refractivity (Wildman–Crippen MR) is 310 cm³/mol. The van der Waals surface area contributed by atoms with E-state index < -0.39 is 0 Å². The minimum absolute atomic E-state index is 0.976. The molecule has 0 atom stereocenters. The number of hydrogen-bond donors (Lipinski definition) is 0. The molecule has 0 amide bonds. The van der Waals surface area contributed by atoms with Crippen LogP contribution in [0.1, 0.15) is 0 Å². The number of aromatic nitrogens is 2. The van der Waals surface area contributed by atoms with Crippen molar-refractivity contribution < 1.29 is 0 Å². The zero-order chi connectivity index (χ0) is 48.0. The van der Waals surface area contributed by atoms with E-state index in [1.165, 1.54) is 75.4 Å². The standard InChI is InChI=1S/C69H44N4/c1-5-19-46(20-6-1)71(47-21-7-2-8-22-47)51-31-34-57-53-27-13-15-29-55(53)63-43-68-65(41-61(63)59(57)39-51)66-42-62-60-40-52(72(48-23-9-3-10-24-48)49-25-11-4-12-26-49)32-35-58(60)54-28-14-16-30-56(54)64(62)44-69(66)73(68)50-33-36-67-45(38-50)18-17-37-70-67/h1-44H. The average Bonchev–Trinajstić information content (AvgIpc) is 3.77. The number of benzene rings is 13. The van der Waals surface area contributed by atoms with Gasteiger partial charge in [0.2, 0.25) is 0 Å². The summed E-state index contributed by atoms with van der Waals surface area (Å²) in [7, 11) is 0. The Morgan fingerprint density at radius 2 is 0.616 bits per heavy atom. The summed E-state index contributed by atoms with van der Waals surface area (Å²) in [5, 5.41) is 18.2. The van der Waals surface area contributed by atoms with E-state index in [4.69, 9.17) is 4.98 Å². The van der Waals surface area contributed by atoms with Crippen molar-refractivity contribution in [2.24, 2.45) is 0 Å². The summed E-state index contributed by atoms with van der Waals surface area (Å²) in [4.78, 5) is 9.47. The Kier molecular flexibility index (Phi) is 9.23. The molecule has 2 heterocycles. The van der Waals surface area contributed by atoms with Gasteiger partial charge in [0, 0.05) is 62.2 Å². The molecule has 0 N–H and O–H groups in total. The van der Waals surface area contributed by atoms with Gasteiger partial charge >= 0.3 is 0 Å². The third kappa shape index (κ3) is 6.51. The highest BCUT2D eigenvalue weighted by Crippen LogP contribution is 2.47. The molecule has 73 heavy (non-hydrogen) atoms. The molecule has 0 saturated carbocycles. The first kappa shape index (κ1) is 41.1. The van der Waals surface area contributed by atoms with Gasteiger partial charge in [-0.05, 0) is 186 Å². The van der Waals surface area contributed by atoms with Crippen LogP contribution in [0.4, 0.5) is 34.1 Å². The fourth-order valence-electron chi connectivity index (χ4n) is 11.8. The number of nitrogens with zero attached hydrogens (tertiary/aromatic N) is 4. The molecular weight excluding hydrogens is 885 g/mol. The highest BCUT2D eigenvalue weighted by molar-refractivity contribution is 6.32. The number of fused-ring (bicyclic) bond motifs is 16. The van der Waals surface area contributed by atoms with E-state index in [0.717, 1.165) is 61.7 Å². The molecule has 340 valence electrons. The molecule has 0 fully saturated rings. The van der Waals surface area contributed by atoms with Crippen LogP contribution in [0.3, 0.4) is 0 Å². The Hall–Kier alpha value is -9.77. The molecule has 15 aromatic rings. The maximum atomic E-state index is 4.74. The van der Waals surface area contributed by atoms with E-state index in [9.17, 15) is 0 Å². The average molecular weight is 929 g/mol. The second kappa shape index (κ2) is 16.4. The topological polar surface area (TPSA) is 24.3 Å². The van der Waals surface area contributed by atoms with Gasteiger partial charge in [-0.2, -0.15) is 0 Å². The number of anilines is 6. The Morgan fingerprint density at radius 3 is 1.05 bits per heavy atom. The van der Waals surface area contributed by atoms with Crippen molar-refractivity contribution in [1.29, 1.82) is 0 Å². The van der Waals surface area contributed by atoms with Gasteiger partial charge in [0.1, 0.15) is 0 Å². The predicted octanol–water partition coefficient (Wildman–Crippen LogP) is 19.2. The lowest BCUT2D eigenvalue weighted by Gasteiger charge is -2.26. The van der Waals surface area contributed by atoms with Crippen molar-refractivity contribution in [3.05, 3.63) is 267 Å². The summed E-state index contributed by atoms with van der Waals surface area (Å²) in [6, 6.07) is 95.6. The van der Waals surface area contributed by atoms with Gasteiger partial charge < -0.3 is 14.4 Å². The molecule has 0 unspecified atom stereocenters. The minimum atomic E-state index is 0.976. The maximum absolute atomic E-state index is 4.74. The van der Waals surface area contributed by atoms with E-state index in [2.05, 4.69) is 269 Å². The monoisotopic (exact) mass is 928 g/mol. The van der Waals surface area contributed by atoms with E-state index in [1.807, 2.05) is 12.3 Å². The van der Waals surface area contributed by atoms with Crippen LogP contribution in [0.25, 0.3) is 103 Å².